The molecule has 0 aliphatic rings. The lowest BCUT2D eigenvalue weighted by Crippen LogP contribution is -2.09. The number of rotatable bonds is 4. The van der Waals surface area contributed by atoms with Crippen LogP contribution >= 0.6 is 39.7 Å². The largest absolute Gasteiger partial charge is 0.495 e. The molecule has 0 heterocycles. The molecule has 0 bridgehead atoms. The van der Waals surface area contributed by atoms with Crippen LogP contribution in [0.4, 0.5) is 11.4 Å². The summed E-state index contributed by atoms with van der Waals surface area (Å²) in [7, 11) is 1.62. The fraction of sp³-hybridized carbons (Fsp3) is 0.0714. The second-order valence-electron chi connectivity index (χ2n) is 4.03. The summed E-state index contributed by atoms with van der Waals surface area (Å²) >= 11 is 14.5. The van der Waals surface area contributed by atoms with Gasteiger partial charge in [0.05, 0.1) is 22.3 Å². The van der Waals surface area contributed by atoms with E-state index in [2.05, 4.69) is 21.2 Å². The van der Waals surface area contributed by atoms with Gasteiger partial charge in [-0.1, -0.05) is 23.8 Å². The highest BCUT2D eigenvalue weighted by atomic mass is 79.9. The van der Waals surface area contributed by atoms with E-state index in [0.29, 0.717) is 10.0 Å². The summed E-state index contributed by atoms with van der Waals surface area (Å²) in [6, 6.07) is 11.1. The number of thiocarbonyl (C=S) groups is 1. The number of anilines is 2. The Hall–Kier alpha value is -1.30. The van der Waals surface area contributed by atoms with Crippen molar-refractivity contribution in [1.82, 2.24) is 0 Å². The first-order valence-corrected chi connectivity index (χ1v) is 7.29. The zero-order valence-electron chi connectivity index (χ0n) is 10.6. The third kappa shape index (κ3) is 3.42. The Morgan fingerprint density at radius 1 is 1.30 bits per heavy atom. The van der Waals surface area contributed by atoms with E-state index in [1.807, 2.05) is 30.3 Å². The van der Waals surface area contributed by atoms with E-state index in [1.54, 1.807) is 13.2 Å². The molecule has 104 valence electrons. The minimum Gasteiger partial charge on any atom is -0.495 e. The summed E-state index contributed by atoms with van der Waals surface area (Å²) in [5.41, 5.74) is 7.95. The zero-order chi connectivity index (χ0) is 14.7. The van der Waals surface area contributed by atoms with Crippen LogP contribution in [0.2, 0.25) is 5.02 Å². The van der Waals surface area contributed by atoms with Gasteiger partial charge in [0.1, 0.15) is 10.7 Å². The van der Waals surface area contributed by atoms with Crippen LogP contribution in [-0.2, 0) is 0 Å². The molecule has 0 saturated heterocycles. The second-order valence-corrected chi connectivity index (χ2v) is 5.73. The monoisotopic (exact) mass is 370 g/mol. The van der Waals surface area contributed by atoms with E-state index < -0.39 is 0 Å². The smallest absolute Gasteiger partial charge is 0.135 e. The van der Waals surface area contributed by atoms with E-state index in [0.717, 1.165) is 27.2 Å². The average molecular weight is 372 g/mol. The summed E-state index contributed by atoms with van der Waals surface area (Å²) in [5.74, 6) is 0.742. The first-order chi connectivity index (χ1) is 9.51. The van der Waals surface area contributed by atoms with Crippen LogP contribution in [-0.4, -0.2) is 12.1 Å². The normalized spacial score (nSPS) is 10.2. The van der Waals surface area contributed by atoms with Crippen LogP contribution in [0.1, 0.15) is 5.56 Å². The molecule has 2 aromatic carbocycles. The van der Waals surface area contributed by atoms with Crippen molar-refractivity contribution in [2.75, 3.05) is 12.4 Å². The predicted octanol–water partition coefficient (Wildman–Crippen LogP) is 4.49. The van der Waals surface area contributed by atoms with Crippen LogP contribution in [0.3, 0.4) is 0 Å². The molecule has 0 fully saturated rings. The standard InChI is InChI=1S/C14H12BrClN2OS/c1-19-13-7-9(3-4-10(13)15)18-12-5-2-8(14(17)20)6-11(12)16/h2-7,18H,1H3,(H2,17,20). The van der Waals surface area contributed by atoms with Gasteiger partial charge in [-0.25, -0.2) is 0 Å². The van der Waals surface area contributed by atoms with Crippen molar-refractivity contribution in [3.63, 3.8) is 0 Å². The van der Waals surface area contributed by atoms with Crippen LogP contribution in [0.25, 0.3) is 0 Å². The quantitative estimate of drug-likeness (QED) is 0.777. The molecule has 0 radical (unpaired) electrons. The van der Waals surface area contributed by atoms with Crippen molar-refractivity contribution in [1.29, 1.82) is 0 Å². The average Bonchev–Trinajstić information content (AvgIpc) is 2.42. The number of nitrogens with two attached hydrogens (primary N) is 1. The molecular weight excluding hydrogens is 360 g/mol. The van der Waals surface area contributed by atoms with Crippen molar-refractivity contribution in [2.24, 2.45) is 5.73 Å². The Bertz CT molecular complexity index is 664. The number of hydrogen-bond acceptors (Lipinski definition) is 3. The van der Waals surface area contributed by atoms with Crippen molar-refractivity contribution >= 4 is 56.1 Å². The van der Waals surface area contributed by atoms with Crippen molar-refractivity contribution in [3.8, 4) is 5.75 Å². The van der Waals surface area contributed by atoms with Gasteiger partial charge in [-0.2, -0.15) is 0 Å². The van der Waals surface area contributed by atoms with Gasteiger partial charge >= 0.3 is 0 Å². The van der Waals surface area contributed by atoms with Crippen molar-refractivity contribution in [2.45, 2.75) is 0 Å². The van der Waals surface area contributed by atoms with Gasteiger partial charge in [0.15, 0.2) is 0 Å². The SMILES string of the molecule is COc1cc(Nc2ccc(C(N)=S)cc2Cl)ccc1Br. The molecule has 0 aliphatic heterocycles. The van der Waals surface area contributed by atoms with Crippen molar-refractivity contribution in [3.05, 3.63) is 51.5 Å². The van der Waals surface area contributed by atoms with Crippen LogP contribution in [0, 0.1) is 0 Å². The summed E-state index contributed by atoms with van der Waals surface area (Å²) in [5, 5.41) is 3.78. The highest BCUT2D eigenvalue weighted by Gasteiger charge is 2.06. The molecule has 3 N–H and O–H groups in total. The third-order valence-electron chi connectivity index (χ3n) is 2.68. The van der Waals surface area contributed by atoms with Gasteiger partial charge in [0.2, 0.25) is 0 Å². The molecule has 2 aromatic rings. The van der Waals surface area contributed by atoms with E-state index in [-0.39, 0.29) is 0 Å². The van der Waals surface area contributed by atoms with Gasteiger partial charge in [-0.15, -0.1) is 0 Å². The predicted molar refractivity (Wildman–Crippen MR) is 91.3 cm³/mol. The summed E-state index contributed by atoms with van der Waals surface area (Å²) in [6.45, 7) is 0. The van der Waals surface area contributed by atoms with Gasteiger partial charge in [0.25, 0.3) is 0 Å². The molecule has 2 rings (SSSR count). The van der Waals surface area contributed by atoms with E-state index in [9.17, 15) is 0 Å². The number of benzene rings is 2. The molecule has 6 heteroatoms. The van der Waals surface area contributed by atoms with Gasteiger partial charge in [-0.05, 0) is 46.3 Å². The topological polar surface area (TPSA) is 47.3 Å². The van der Waals surface area contributed by atoms with Crippen LogP contribution in [0.5, 0.6) is 5.75 Å². The summed E-state index contributed by atoms with van der Waals surface area (Å²) in [6.07, 6.45) is 0. The maximum atomic E-state index is 6.21. The van der Waals surface area contributed by atoms with E-state index in [4.69, 9.17) is 34.3 Å². The van der Waals surface area contributed by atoms with Crippen LogP contribution in [0.15, 0.2) is 40.9 Å². The van der Waals surface area contributed by atoms with Crippen molar-refractivity contribution < 1.29 is 4.74 Å². The lowest BCUT2D eigenvalue weighted by atomic mass is 10.2. The number of hydrogen-bond donors (Lipinski definition) is 2. The molecule has 0 spiro atoms. The first kappa shape index (κ1) is 15.1. The number of nitrogens with one attached hydrogen (secondary N) is 1. The maximum absolute atomic E-state index is 6.21. The molecule has 0 amide bonds. The fourth-order valence-electron chi connectivity index (χ4n) is 1.66. The minimum atomic E-state index is 0.323. The Morgan fingerprint density at radius 3 is 2.65 bits per heavy atom. The highest BCUT2D eigenvalue weighted by Crippen LogP contribution is 2.31. The minimum absolute atomic E-state index is 0.323. The summed E-state index contributed by atoms with van der Waals surface area (Å²) < 4.78 is 6.14. The summed E-state index contributed by atoms with van der Waals surface area (Å²) in [4.78, 5) is 0.323. The zero-order valence-corrected chi connectivity index (χ0v) is 13.8. The molecule has 3 nitrogen and oxygen atoms in total. The van der Waals surface area contributed by atoms with Crippen LogP contribution < -0.4 is 15.8 Å². The number of ether oxygens (including phenoxy) is 1. The highest BCUT2D eigenvalue weighted by molar-refractivity contribution is 9.10. The number of halogens is 2. The molecule has 0 unspecified atom stereocenters. The Morgan fingerprint density at radius 2 is 2.05 bits per heavy atom. The Balaban J connectivity index is 2.28. The van der Waals surface area contributed by atoms with E-state index in [1.165, 1.54) is 0 Å². The molecule has 0 aromatic heterocycles. The Kier molecular flexibility index (Phi) is 4.86. The first-order valence-electron chi connectivity index (χ1n) is 5.71. The van der Waals surface area contributed by atoms with E-state index >= 15 is 0 Å². The molecule has 0 atom stereocenters. The lowest BCUT2D eigenvalue weighted by molar-refractivity contribution is 0.412. The molecule has 20 heavy (non-hydrogen) atoms. The fourth-order valence-corrected chi connectivity index (χ4v) is 2.43. The molecular formula is C14H12BrClN2OS. The van der Waals surface area contributed by atoms with Gasteiger partial charge in [-0.3, -0.25) is 0 Å². The lowest BCUT2D eigenvalue weighted by Gasteiger charge is -2.11. The van der Waals surface area contributed by atoms with Gasteiger partial charge < -0.3 is 15.8 Å². The number of methoxy groups -OCH3 is 1. The van der Waals surface area contributed by atoms with Gasteiger partial charge in [0, 0.05) is 17.3 Å². The second kappa shape index (κ2) is 6.43. The molecule has 0 aliphatic carbocycles. The maximum Gasteiger partial charge on any atom is 0.135 e. The Labute approximate surface area is 136 Å². The molecule has 0 saturated carbocycles. The third-order valence-corrected chi connectivity index (χ3v) is 3.89.